The lowest BCUT2D eigenvalue weighted by molar-refractivity contribution is -0.114. The van der Waals surface area contributed by atoms with E-state index in [1.165, 1.54) is 22.2 Å². The molecule has 1 amide bonds. The van der Waals surface area contributed by atoms with Crippen molar-refractivity contribution >= 4 is 22.5 Å². The average molecular weight is 286 g/mol. The molecule has 4 nitrogen and oxygen atoms in total. The number of H-pyrrole nitrogens is 1. The van der Waals surface area contributed by atoms with Crippen LogP contribution in [0.5, 0.6) is 0 Å². The van der Waals surface area contributed by atoms with E-state index >= 15 is 0 Å². The third-order valence-electron chi connectivity index (χ3n) is 4.52. The van der Waals surface area contributed by atoms with E-state index in [-0.39, 0.29) is 5.91 Å². The molecule has 1 aliphatic carbocycles. The molecule has 1 unspecified atom stereocenters. The number of rotatable bonds is 2. The Labute approximate surface area is 124 Å². The van der Waals surface area contributed by atoms with Crippen LogP contribution in [0.2, 0.25) is 0 Å². The van der Waals surface area contributed by atoms with E-state index in [9.17, 15) is 4.79 Å². The van der Waals surface area contributed by atoms with Gasteiger partial charge in [0.25, 0.3) is 0 Å². The van der Waals surface area contributed by atoms with Crippen LogP contribution in [0.15, 0.2) is 6.07 Å². The van der Waals surface area contributed by atoms with Crippen molar-refractivity contribution in [2.75, 3.05) is 12.4 Å². The van der Waals surface area contributed by atoms with Crippen LogP contribution in [0, 0.1) is 13.8 Å². The number of aromatic amines is 1. The fourth-order valence-electron chi connectivity index (χ4n) is 3.43. The molecule has 112 valence electrons. The Bertz CT molecular complexity index is 715. The monoisotopic (exact) mass is 286 g/mol. The Morgan fingerprint density at radius 2 is 2.19 bits per heavy atom. The van der Waals surface area contributed by atoms with Gasteiger partial charge in [0.2, 0.25) is 5.91 Å². The van der Waals surface area contributed by atoms with Crippen molar-refractivity contribution < 1.29 is 9.53 Å². The van der Waals surface area contributed by atoms with Crippen molar-refractivity contribution in [3.05, 3.63) is 28.5 Å². The number of hydrogen-bond donors (Lipinski definition) is 2. The maximum absolute atomic E-state index is 11.4. The van der Waals surface area contributed by atoms with Crippen molar-refractivity contribution in [3.8, 4) is 0 Å². The second kappa shape index (κ2) is 5.19. The predicted molar refractivity (Wildman–Crippen MR) is 84.9 cm³/mol. The third kappa shape index (κ3) is 2.33. The van der Waals surface area contributed by atoms with E-state index in [0.29, 0.717) is 6.10 Å². The Balaban J connectivity index is 2.18. The van der Waals surface area contributed by atoms with E-state index in [0.717, 1.165) is 36.0 Å². The van der Waals surface area contributed by atoms with Gasteiger partial charge < -0.3 is 15.0 Å². The summed E-state index contributed by atoms with van der Waals surface area (Å²) in [5.41, 5.74) is 7.07. The number of benzene rings is 1. The molecule has 21 heavy (non-hydrogen) atoms. The van der Waals surface area contributed by atoms with E-state index in [4.69, 9.17) is 4.74 Å². The van der Waals surface area contributed by atoms with Crippen molar-refractivity contribution in [3.63, 3.8) is 0 Å². The number of methoxy groups -OCH3 is 1. The zero-order valence-electron chi connectivity index (χ0n) is 13.1. The Kier molecular flexibility index (Phi) is 3.49. The molecule has 4 heteroatoms. The molecule has 1 aromatic heterocycles. The smallest absolute Gasteiger partial charge is 0.221 e. The van der Waals surface area contributed by atoms with Gasteiger partial charge >= 0.3 is 0 Å². The molecule has 0 radical (unpaired) electrons. The highest BCUT2D eigenvalue weighted by Gasteiger charge is 2.24. The first-order chi connectivity index (χ1) is 10.0. The Hall–Kier alpha value is -1.81. The molecule has 2 aromatic rings. The standard InChI is InChI=1S/C17H22N2O2/c1-9-7-15(18-11(3)20)10(2)17-16(9)13-8-12(21-4)5-6-14(13)19-17/h7,12,19H,5-6,8H2,1-4H3,(H,18,20). The van der Waals surface area contributed by atoms with Gasteiger partial charge in [-0.25, -0.2) is 0 Å². The van der Waals surface area contributed by atoms with Crippen molar-refractivity contribution in [2.24, 2.45) is 0 Å². The molecule has 2 N–H and O–H groups in total. The van der Waals surface area contributed by atoms with Gasteiger partial charge in [0.1, 0.15) is 0 Å². The summed E-state index contributed by atoms with van der Waals surface area (Å²) >= 11 is 0. The number of amides is 1. The summed E-state index contributed by atoms with van der Waals surface area (Å²) < 4.78 is 5.54. The Morgan fingerprint density at radius 1 is 1.43 bits per heavy atom. The van der Waals surface area contributed by atoms with Gasteiger partial charge in [0.15, 0.2) is 0 Å². The summed E-state index contributed by atoms with van der Waals surface area (Å²) in [5.74, 6) is -0.0346. The van der Waals surface area contributed by atoms with Gasteiger partial charge in [-0.2, -0.15) is 0 Å². The number of hydrogen-bond acceptors (Lipinski definition) is 2. The topological polar surface area (TPSA) is 54.1 Å². The molecular weight excluding hydrogens is 264 g/mol. The van der Waals surface area contributed by atoms with E-state index in [1.54, 1.807) is 14.0 Å². The number of carbonyl (C=O) groups is 1. The minimum Gasteiger partial charge on any atom is -0.381 e. The van der Waals surface area contributed by atoms with Crippen LogP contribution in [0.25, 0.3) is 10.9 Å². The lowest BCUT2D eigenvalue weighted by atomic mass is 9.91. The molecule has 0 spiro atoms. The van der Waals surface area contributed by atoms with Gasteiger partial charge in [-0.1, -0.05) is 0 Å². The van der Waals surface area contributed by atoms with Crippen molar-refractivity contribution in [1.82, 2.24) is 4.98 Å². The SMILES string of the molecule is COC1CCc2[nH]c3c(C)c(NC(C)=O)cc(C)c3c2C1. The third-order valence-corrected chi connectivity index (χ3v) is 4.52. The highest BCUT2D eigenvalue weighted by Crippen LogP contribution is 2.36. The highest BCUT2D eigenvalue weighted by molar-refractivity contribution is 5.98. The maximum atomic E-state index is 11.4. The zero-order chi connectivity index (χ0) is 15.1. The number of aryl methyl sites for hydroxylation is 3. The van der Waals surface area contributed by atoms with Gasteiger partial charge in [-0.15, -0.1) is 0 Å². The minimum atomic E-state index is -0.0346. The molecule has 1 aliphatic rings. The van der Waals surface area contributed by atoms with Crippen LogP contribution in [-0.2, 0) is 22.4 Å². The summed E-state index contributed by atoms with van der Waals surface area (Å²) in [7, 11) is 1.79. The summed E-state index contributed by atoms with van der Waals surface area (Å²) in [4.78, 5) is 14.9. The van der Waals surface area contributed by atoms with Crippen LogP contribution >= 0.6 is 0 Å². The van der Waals surface area contributed by atoms with E-state index < -0.39 is 0 Å². The molecule has 1 aromatic carbocycles. The first-order valence-corrected chi connectivity index (χ1v) is 7.45. The van der Waals surface area contributed by atoms with Crippen LogP contribution in [0.4, 0.5) is 5.69 Å². The number of fused-ring (bicyclic) bond motifs is 3. The van der Waals surface area contributed by atoms with Crippen LogP contribution < -0.4 is 5.32 Å². The second-order valence-corrected chi connectivity index (χ2v) is 5.98. The fourth-order valence-corrected chi connectivity index (χ4v) is 3.43. The van der Waals surface area contributed by atoms with E-state index in [2.05, 4.69) is 30.2 Å². The molecule has 1 atom stereocenters. The molecule has 1 heterocycles. The van der Waals surface area contributed by atoms with Crippen LogP contribution in [0.3, 0.4) is 0 Å². The molecule has 0 bridgehead atoms. The molecular formula is C17H22N2O2. The molecule has 0 fully saturated rings. The molecule has 3 rings (SSSR count). The fraction of sp³-hybridized carbons (Fsp3) is 0.471. The van der Waals surface area contributed by atoms with Crippen LogP contribution in [-0.4, -0.2) is 24.1 Å². The van der Waals surface area contributed by atoms with Crippen LogP contribution in [0.1, 0.15) is 35.7 Å². The number of anilines is 1. The molecule has 0 saturated heterocycles. The summed E-state index contributed by atoms with van der Waals surface area (Å²) in [6, 6.07) is 2.07. The highest BCUT2D eigenvalue weighted by atomic mass is 16.5. The minimum absolute atomic E-state index is 0.0346. The predicted octanol–water partition coefficient (Wildman–Crippen LogP) is 3.25. The molecule has 0 saturated carbocycles. The van der Waals surface area contributed by atoms with Crippen molar-refractivity contribution in [1.29, 1.82) is 0 Å². The summed E-state index contributed by atoms with van der Waals surface area (Å²) in [6.07, 6.45) is 3.36. The zero-order valence-corrected chi connectivity index (χ0v) is 13.1. The number of nitrogens with one attached hydrogen (secondary N) is 2. The number of carbonyl (C=O) groups excluding carboxylic acids is 1. The first kappa shape index (κ1) is 14.1. The van der Waals surface area contributed by atoms with E-state index in [1.807, 2.05) is 0 Å². The number of aromatic nitrogens is 1. The summed E-state index contributed by atoms with van der Waals surface area (Å²) in [5, 5.41) is 4.23. The average Bonchev–Trinajstić information content (AvgIpc) is 2.82. The lowest BCUT2D eigenvalue weighted by Gasteiger charge is -2.21. The largest absolute Gasteiger partial charge is 0.381 e. The number of ether oxygens (including phenoxy) is 1. The van der Waals surface area contributed by atoms with Gasteiger partial charge in [-0.3, -0.25) is 4.79 Å². The van der Waals surface area contributed by atoms with Crippen molar-refractivity contribution in [2.45, 2.75) is 46.1 Å². The quantitative estimate of drug-likeness (QED) is 0.890. The second-order valence-electron chi connectivity index (χ2n) is 5.98. The van der Waals surface area contributed by atoms with Gasteiger partial charge in [0, 0.05) is 37.2 Å². The lowest BCUT2D eigenvalue weighted by Crippen LogP contribution is -2.20. The summed E-state index contributed by atoms with van der Waals surface area (Å²) in [6.45, 7) is 5.71. The van der Waals surface area contributed by atoms with Gasteiger partial charge in [0.05, 0.1) is 11.6 Å². The normalized spacial score (nSPS) is 17.8. The van der Waals surface area contributed by atoms with Gasteiger partial charge in [-0.05, 0) is 49.4 Å². The maximum Gasteiger partial charge on any atom is 0.221 e. The Morgan fingerprint density at radius 3 is 2.86 bits per heavy atom. The molecule has 0 aliphatic heterocycles. The first-order valence-electron chi connectivity index (χ1n) is 7.45.